The first kappa shape index (κ1) is 19.9. The van der Waals surface area contributed by atoms with Gasteiger partial charge in [-0.05, 0) is 96.4 Å². The van der Waals surface area contributed by atoms with Crippen molar-refractivity contribution in [2.45, 2.75) is 56.8 Å². The van der Waals surface area contributed by atoms with E-state index in [4.69, 9.17) is 11.5 Å². The molecular weight excluding hydrogens is 454 g/mol. The Kier molecular flexibility index (Phi) is 4.47. The van der Waals surface area contributed by atoms with Crippen LogP contribution in [0.4, 0.5) is 0 Å². The Balaban J connectivity index is 1.75. The molecule has 4 fully saturated rings. The van der Waals surface area contributed by atoms with Crippen LogP contribution in [0.3, 0.4) is 0 Å². The highest BCUT2D eigenvalue weighted by atomic mass is 79.9. The van der Waals surface area contributed by atoms with E-state index < -0.39 is 16.7 Å². The molecule has 2 bridgehead atoms. The molecule has 5 N–H and O–H groups in total. The highest BCUT2D eigenvalue weighted by Gasteiger charge is 2.86. The second kappa shape index (κ2) is 6.50. The average molecular weight is 482 g/mol. The molecule has 4 aliphatic carbocycles. The Morgan fingerprint density at radius 1 is 1.10 bits per heavy atom. The zero-order valence-electron chi connectivity index (χ0n) is 16.4. The summed E-state index contributed by atoms with van der Waals surface area (Å²) in [5.74, 6) is -0.385. The molecule has 0 radical (unpaired) electrons. The molecule has 1 spiro atoms. The first-order chi connectivity index (χ1) is 13.9. The fourth-order valence-corrected chi connectivity index (χ4v) is 9.63. The molecule has 2 amide bonds. The predicted octanol–water partition coefficient (Wildman–Crippen LogP) is 2.72. The normalized spacial score (nSPS) is 42.3. The van der Waals surface area contributed by atoms with E-state index >= 15 is 0 Å². The van der Waals surface area contributed by atoms with Crippen molar-refractivity contribution in [3.8, 4) is 0 Å². The molecule has 4 saturated carbocycles. The Hall–Kier alpha value is -0.990. The van der Waals surface area contributed by atoms with Gasteiger partial charge in [-0.2, -0.15) is 0 Å². The van der Waals surface area contributed by atoms with Crippen molar-refractivity contribution in [1.82, 2.24) is 4.98 Å². The minimum Gasteiger partial charge on any atom is -0.396 e. The molecule has 1 aromatic rings. The Morgan fingerprint density at radius 2 is 1.76 bits per heavy atom. The van der Waals surface area contributed by atoms with Crippen molar-refractivity contribution < 1.29 is 14.7 Å². The van der Waals surface area contributed by atoms with Crippen LogP contribution < -0.4 is 11.5 Å². The summed E-state index contributed by atoms with van der Waals surface area (Å²) in [6.07, 6.45) is 8.97. The summed E-state index contributed by atoms with van der Waals surface area (Å²) in [6.45, 7) is 0.173. The van der Waals surface area contributed by atoms with Crippen LogP contribution in [0.15, 0.2) is 9.98 Å². The van der Waals surface area contributed by atoms with Crippen LogP contribution in [0.25, 0.3) is 0 Å². The van der Waals surface area contributed by atoms with Gasteiger partial charge in [0.05, 0.1) is 15.4 Å². The molecule has 29 heavy (non-hydrogen) atoms. The molecule has 0 aromatic carbocycles. The highest BCUT2D eigenvalue weighted by molar-refractivity contribution is 9.11. The first-order valence-electron chi connectivity index (χ1n) is 10.7. The number of carbonyl (C=O) groups excluding carboxylic acids is 2. The van der Waals surface area contributed by atoms with Gasteiger partial charge >= 0.3 is 0 Å². The van der Waals surface area contributed by atoms with Crippen LogP contribution in [0.5, 0.6) is 0 Å². The van der Waals surface area contributed by atoms with E-state index in [0.29, 0.717) is 5.01 Å². The van der Waals surface area contributed by atoms with Crippen LogP contribution in [0.2, 0.25) is 0 Å². The number of aliphatic hydroxyl groups excluding tert-OH is 1. The molecule has 158 valence electrons. The molecule has 0 saturated heterocycles. The number of carbonyl (C=O) groups is 2. The number of halogens is 1. The average Bonchev–Trinajstić information content (AvgIpc) is 3.17. The molecule has 6 nitrogen and oxygen atoms in total. The Labute approximate surface area is 183 Å². The first-order valence-corrected chi connectivity index (χ1v) is 12.3. The van der Waals surface area contributed by atoms with Gasteiger partial charge in [0.15, 0.2) is 0 Å². The molecule has 4 aliphatic rings. The van der Waals surface area contributed by atoms with Gasteiger partial charge in [-0.3, -0.25) is 9.59 Å². The van der Waals surface area contributed by atoms with E-state index in [0.717, 1.165) is 55.2 Å². The van der Waals surface area contributed by atoms with Crippen molar-refractivity contribution in [1.29, 1.82) is 0 Å². The minimum absolute atomic E-state index is 0.00532. The molecule has 0 aliphatic heterocycles. The summed E-state index contributed by atoms with van der Waals surface area (Å²) in [4.78, 5) is 31.6. The van der Waals surface area contributed by atoms with E-state index in [1.807, 2.05) is 0 Å². The van der Waals surface area contributed by atoms with Gasteiger partial charge in [0.2, 0.25) is 11.8 Å². The number of aliphatic hydroxyl groups is 1. The number of amides is 2. The molecule has 8 heteroatoms. The number of aromatic nitrogens is 1. The van der Waals surface area contributed by atoms with Crippen molar-refractivity contribution in [3.63, 3.8) is 0 Å². The molecule has 5 rings (SSSR count). The van der Waals surface area contributed by atoms with Crippen molar-refractivity contribution in [2.24, 2.45) is 46.0 Å². The van der Waals surface area contributed by atoms with Crippen molar-refractivity contribution in [2.75, 3.05) is 6.61 Å². The van der Waals surface area contributed by atoms with Gasteiger partial charge in [-0.25, -0.2) is 4.98 Å². The van der Waals surface area contributed by atoms with Crippen LogP contribution in [0.1, 0.15) is 56.4 Å². The highest BCUT2D eigenvalue weighted by Crippen LogP contribution is 2.84. The van der Waals surface area contributed by atoms with Crippen LogP contribution >= 0.6 is 27.3 Å². The number of thiazole rings is 1. The maximum atomic E-state index is 13.5. The summed E-state index contributed by atoms with van der Waals surface area (Å²) in [7, 11) is 0. The van der Waals surface area contributed by atoms with E-state index in [1.165, 1.54) is 11.3 Å². The standard InChI is InChI=1S/C21H28BrN3O3S/c22-15-9-25-18(29-15)21(17(24)28)14-6-5-13(19(14)7-8-19)20(21,16(23)27)12-3-1-11(10-26)2-4-12/h9,11-14,26H,1-8,10H2,(H2,23,27)(H2,24,28)/t11?,12?,13-,14+,20+,21-/m1/s1. The van der Waals surface area contributed by atoms with Gasteiger partial charge in [-0.15, -0.1) is 11.3 Å². The number of hydrogen-bond acceptors (Lipinski definition) is 5. The lowest BCUT2D eigenvalue weighted by atomic mass is 9.48. The lowest BCUT2D eigenvalue weighted by Crippen LogP contribution is -2.66. The zero-order chi connectivity index (χ0) is 20.6. The SMILES string of the molecule is NC(=O)[C@]1(C2CCC(CO)CC2)[C@@H]2CC[C@@H](C23CC3)[C@@]1(C(N)=O)c1ncc(Br)s1. The second-order valence-corrected chi connectivity index (χ2v) is 12.1. The monoisotopic (exact) mass is 481 g/mol. The van der Waals surface area contributed by atoms with E-state index in [9.17, 15) is 14.7 Å². The quantitative estimate of drug-likeness (QED) is 0.598. The Bertz CT molecular complexity index is 863. The summed E-state index contributed by atoms with van der Waals surface area (Å²) in [5.41, 5.74) is 10.5. The zero-order valence-corrected chi connectivity index (χ0v) is 18.8. The third kappa shape index (κ3) is 2.23. The largest absolute Gasteiger partial charge is 0.396 e. The Morgan fingerprint density at radius 3 is 2.24 bits per heavy atom. The molecule has 1 heterocycles. The minimum atomic E-state index is -1.12. The lowest BCUT2D eigenvalue weighted by molar-refractivity contribution is -0.154. The van der Waals surface area contributed by atoms with Gasteiger partial charge in [0, 0.05) is 6.61 Å². The molecule has 0 unspecified atom stereocenters. The number of rotatable bonds is 5. The summed E-state index contributed by atoms with van der Waals surface area (Å²) >= 11 is 4.92. The van der Waals surface area contributed by atoms with Crippen molar-refractivity contribution in [3.05, 3.63) is 15.0 Å². The van der Waals surface area contributed by atoms with Gasteiger partial charge in [0.25, 0.3) is 0 Å². The van der Waals surface area contributed by atoms with Crippen molar-refractivity contribution >= 4 is 39.1 Å². The van der Waals surface area contributed by atoms with Crippen LogP contribution in [-0.2, 0) is 15.0 Å². The van der Waals surface area contributed by atoms with Crippen LogP contribution in [-0.4, -0.2) is 28.5 Å². The number of hydrogen-bond donors (Lipinski definition) is 3. The second-order valence-electron chi connectivity index (χ2n) is 9.69. The molecule has 4 atom stereocenters. The lowest BCUT2D eigenvalue weighted by Gasteiger charge is -2.53. The third-order valence-corrected chi connectivity index (χ3v) is 10.7. The topological polar surface area (TPSA) is 119 Å². The summed E-state index contributed by atoms with van der Waals surface area (Å²) in [6, 6.07) is 0. The van der Waals surface area contributed by atoms with E-state index in [1.54, 1.807) is 6.20 Å². The summed E-state index contributed by atoms with van der Waals surface area (Å²) in [5, 5.41) is 10.3. The van der Waals surface area contributed by atoms with Gasteiger partial charge in [-0.1, -0.05) is 0 Å². The number of primary amides is 2. The fraction of sp³-hybridized carbons (Fsp3) is 0.762. The van der Waals surface area contributed by atoms with E-state index in [2.05, 4.69) is 20.9 Å². The number of nitrogens with two attached hydrogens (primary N) is 2. The molecular formula is C21H28BrN3O3S. The fourth-order valence-electron chi connectivity index (χ4n) is 8.10. The maximum Gasteiger partial charge on any atom is 0.231 e. The summed E-state index contributed by atoms with van der Waals surface area (Å²) < 4.78 is 0.836. The smallest absolute Gasteiger partial charge is 0.231 e. The van der Waals surface area contributed by atoms with Gasteiger partial charge in [0.1, 0.15) is 10.4 Å². The number of nitrogens with zero attached hydrogens (tertiary/aromatic N) is 1. The third-order valence-electron chi connectivity index (χ3n) is 9.04. The predicted molar refractivity (Wildman–Crippen MR) is 113 cm³/mol. The van der Waals surface area contributed by atoms with Crippen LogP contribution in [0, 0.1) is 34.5 Å². The maximum absolute atomic E-state index is 13.5. The van der Waals surface area contributed by atoms with Gasteiger partial charge < -0.3 is 16.6 Å². The molecule has 1 aromatic heterocycles. The van der Waals surface area contributed by atoms with E-state index in [-0.39, 0.29) is 41.6 Å².